The number of carbonyl (C=O) groups is 1. The Bertz CT molecular complexity index is 1610. The molecular formula is C53H89NO18. The molecule has 0 radical (unpaired) electrons. The Morgan fingerprint density at radius 3 is 1.47 bits per heavy atom. The van der Waals surface area contributed by atoms with Crippen LogP contribution in [0.15, 0.2) is 72.9 Å². The van der Waals surface area contributed by atoms with Crippen LogP contribution in [-0.4, -0.2) is 193 Å². The van der Waals surface area contributed by atoms with Crippen LogP contribution in [-0.2, 0) is 33.2 Å². The number of nitrogens with one attached hydrogen (secondary N) is 1. The van der Waals surface area contributed by atoms with Gasteiger partial charge in [-0.3, -0.25) is 4.79 Å². The Kier molecular flexibility index (Phi) is 32.7. The fourth-order valence-electron chi connectivity index (χ4n) is 8.43. The molecule has 0 bridgehead atoms. The first kappa shape index (κ1) is 63.5. The molecule has 1 amide bonds. The zero-order valence-electron chi connectivity index (χ0n) is 42.4. The molecule has 3 aliphatic rings. The molecule has 17 unspecified atom stereocenters. The second-order valence-corrected chi connectivity index (χ2v) is 18.6. The molecule has 3 rings (SSSR count). The van der Waals surface area contributed by atoms with Crippen molar-refractivity contribution >= 4 is 5.91 Å². The van der Waals surface area contributed by atoms with Crippen LogP contribution in [0.2, 0.25) is 0 Å². The van der Waals surface area contributed by atoms with Gasteiger partial charge in [0.25, 0.3) is 0 Å². The highest BCUT2D eigenvalue weighted by Gasteiger charge is 2.53. The number of allylic oxidation sites excluding steroid dienone is 12. The molecule has 0 aromatic rings. The number of hydrogen-bond donors (Lipinski definition) is 12. The van der Waals surface area contributed by atoms with Gasteiger partial charge < -0.3 is 89.9 Å². The van der Waals surface area contributed by atoms with E-state index in [-0.39, 0.29) is 18.9 Å². The maximum Gasteiger partial charge on any atom is 0.220 e. The number of rotatable bonds is 35. The average molecular weight is 1030 g/mol. The summed E-state index contributed by atoms with van der Waals surface area (Å²) in [5.74, 6) is -0.296. The summed E-state index contributed by atoms with van der Waals surface area (Å²) in [5, 5.41) is 119. The van der Waals surface area contributed by atoms with Crippen LogP contribution in [0, 0.1) is 0 Å². The zero-order valence-corrected chi connectivity index (χ0v) is 42.4. The number of ether oxygens (including phenoxy) is 6. The number of unbranched alkanes of at least 4 members (excludes halogenated alkanes) is 7. The monoisotopic (exact) mass is 1030 g/mol. The lowest BCUT2D eigenvalue weighted by Crippen LogP contribution is -2.66. The topological polar surface area (TPSA) is 307 Å². The first-order chi connectivity index (χ1) is 34.8. The third-order valence-electron chi connectivity index (χ3n) is 12.8. The first-order valence-electron chi connectivity index (χ1n) is 26.2. The van der Waals surface area contributed by atoms with Crippen LogP contribution in [0.3, 0.4) is 0 Å². The SMILES string of the molecule is CC/C=C\C/C=C\C/C=C\C/C=C\C/C=C\C/C=C\CCCCC(=O)NC(COC1OC(CO)C(OC2OC(CO)C(OC3OC(CO)C(O)C(O)C3O)C(O)C2O)C(O)C1O)C(O)CCCCCCCC. The predicted molar refractivity (Wildman–Crippen MR) is 268 cm³/mol. The van der Waals surface area contributed by atoms with Gasteiger partial charge in [0.2, 0.25) is 5.91 Å². The minimum Gasteiger partial charge on any atom is -0.394 e. The normalized spacial score (nSPS) is 32.6. The van der Waals surface area contributed by atoms with Crippen LogP contribution in [0.5, 0.6) is 0 Å². The fourth-order valence-corrected chi connectivity index (χ4v) is 8.43. The number of hydrogen-bond acceptors (Lipinski definition) is 18. The number of carbonyl (C=O) groups excluding carboxylic acids is 1. The lowest BCUT2D eigenvalue weighted by atomic mass is 9.96. The standard InChI is InChI=1S/C53H89NO18/c1-3-5-7-9-11-12-13-14-15-16-17-18-19-20-21-22-23-24-25-27-29-31-41(59)54-36(37(58)30-28-26-10-8-6-4-2)35-67-51-47(65)44(62)49(39(33-56)69-51)72-53-48(66)45(63)50(40(34-57)70-53)71-52-46(64)43(61)42(60)38(32-55)68-52/h5,7,11-12,14-15,17-18,20-21,23-24,36-40,42-53,55-58,60-66H,3-4,6,8-10,13,16,19,22,25-35H2,1-2H3,(H,54,59)/b7-5-,12-11-,15-14-,18-17-,21-20-,24-23-. The molecule has 3 heterocycles. The fraction of sp³-hybridized carbons (Fsp3) is 0.755. The highest BCUT2D eigenvalue weighted by atomic mass is 16.8. The van der Waals surface area contributed by atoms with Crippen molar-refractivity contribution in [2.45, 2.75) is 227 Å². The van der Waals surface area contributed by atoms with Gasteiger partial charge in [-0.15, -0.1) is 0 Å². The van der Waals surface area contributed by atoms with Gasteiger partial charge in [-0.25, -0.2) is 0 Å². The molecule has 3 fully saturated rings. The van der Waals surface area contributed by atoms with E-state index >= 15 is 0 Å². The van der Waals surface area contributed by atoms with Crippen molar-refractivity contribution in [3.8, 4) is 0 Å². The molecule has 0 aromatic carbocycles. The van der Waals surface area contributed by atoms with Crippen molar-refractivity contribution in [3.05, 3.63) is 72.9 Å². The Morgan fingerprint density at radius 2 is 0.958 bits per heavy atom. The Hall–Kier alpha value is -2.77. The van der Waals surface area contributed by atoms with E-state index in [1.807, 2.05) is 0 Å². The lowest BCUT2D eigenvalue weighted by molar-refractivity contribution is -0.379. The quantitative estimate of drug-likeness (QED) is 0.0320. The second kappa shape index (κ2) is 37.1. The maximum absolute atomic E-state index is 13.2. The highest BCUT2D eigenvalue weighted by molar-refractivity contribution is 5.76. The molecule has 414 valence electrons. The van der Waals surface area contributed by atoms with Crippen molar-refractivity contribution in [1.82, 2.24) is 5.32 Å². The molecular weight excluding hydrogens is 939 g/mol. The molecule has 72 heavy (non-hydrogen) atoms. The average Bonchev–Trinajstić information content (AvgIpc) is 3.38. The molecule has 12 N–H and O–H groups in total. The van der Waals surface area contributed by atoms with E-state index in [0.29, 0.717) is 19.3 Å². The molecule has 19 heteroatoms. The van der Waals surface area contributed by atoms with Gasteiger partial charge in [0.1, 0.15) is 73.2 Å². The Labute approximate surface area is 426 Å². The summed E-state index contributed by atoms with van der Waals surface area (Å²) in [5.41, 5.74) is 0. The Balaban J connectivity index is 1.49. The summed E-state index contributed by atoms with van der Waals surface area (Å²) in [6.45, 7) is 1.51. The first-order valence-corrected chi connectivity index (χ1v) is 26.2. The lowest BCUT2D eigenvalue weighted by Gasteiger charge is -2.48. The van der Waals surface area contributed by atoms with Crippen molar-refractivity contribution in [2.75, 3.05) is 26.4 Å². The number of aliphatic hydroxyl groups is 11. The van der Waals surface area contributed by atoms with Crippen molar-refractivity contribution < 1.29 is 89.4 Å². The molecule has 0 aliphatic carbocycles. The molecule has 0 aromatic heterocycles. The molecule has 19 nitrogen and oxygen atoms in total. The summed E-state index contributed by atoms with van der Waals surface area (Å²) in [7, 11) is 0. The number of aliphatic hydroxyl groups excluding tert-OH is 11. The van der Waals surface area contributed by atoms with Crippen LogP contribution in [0.25, 0.3) is 0 Å². The summed E-state index contributed by atoms with van der Waals surface area (Å²) in [4.78, 5) is 13.2. The third-order valence-corrected chi connectivity index (χ3v) is 12.8. The van der Waals surface area contributed by atoms with Crippen LogP contribution in [0.4, 0.5) is 0 Å². The van der Waals surface area contributed by atoms with E-state index in [2.05, 4.69) is 92.1 Å². The zero-order chi connectivity index (χ0) is 52.7. The second-order valence-electron chi connectivity index (χ2n) is 18.6. The van der Waals surface area contributed by atoms with Crippen molar-refractivity contribution in [1.29, 1.82) is 0 Å². The molecule has 0 saturated carbocycles. The van der Waals surface area contributed by atoms with Gasteiger partial charge in [0.15, 0.2) is 18.9 Å². The van der Waals surface area contributed by atoms with E-state index < -0.39 is 124 Å². The maximum atomic E-state index is 13.2. The molecule has 3 saturated heterocycles. The summed E-state index contributed by atoms with van der Waals surface area (Å²) in [6.07, 6.45) is 13.4. The third kappa shape index (κ3) is 22.2. The van der Waals surface area contributed by atoms with E-state index in [1.54, 1.807) is 0 Å². The van der Waals surface area contributed by atoms with Gasteiger partial charge in [0.05, 0.1) is 38.6 Å². The minimum absolute atomic E-state index is 0.206. The highest BCUT2D eigenvalue weighted by Crippen LogP contribution is 2.33. The molecule has 0 spiro atoms. The summed E-state index contributed by atoms with van der Waals surface area (Å²) in [6, 6.07) is -0.910. The summed E-state index contributed by atoms with van der Waals surface area (Å²) >= 11 is 0. The van der Waals surface area contributed by atoms with Gasteiger partial charge in [-0.05, 0) is 64.2 Å². The van der Waals surface area contributed by atoms with Gasteiger partial charge in [-0.2, -0.15) is 0 Å². The number of amides is 1. The van der Waals surface area contributed by atoms with Crippen LogP contribution in [0.1, 0.15) is 123 Å². The van der Waals surface area contributed by atoms with Crippen LogP contribution < -0.4 is 5.32 Å². The molecule has 3 aliphatic heterocycles. The van der Waals surface area contributed by atoms with Crippen LogP contribution >= 0.6 is 0 Å². The predicted octanol–water partition coefficient (Wildman–Crippen LogP) is 2.31. The largest absolute Gasteiger partial charge is 0.394 e. The molecule has 17 atom stereocenters. The van der Waals surface area contributed by atoms with Gasteiger partial charge >= 0.3 is 0 Å². The Morgan fingerprint density at radius 1 is 0.514 bits per heavy atom. The van der Waals surface area contributed by atoms with E-state index in [0.717, 1.165) is 83.5 Å². The van der Waals surface area contributed by atoms with E-state index in [4.69, 9.17) is 28.4 Å². The van der Waals surface area contributed by atoms with Gasteiger partial charge in [0, 0.05) is 6.42 Å². The van der Waals surface area contributed by atoms with Gasteiger partial charge in [-0.1, -0.05) is 125 Å². The van der Waals surface area contributed by atoms with E-state index in [1.165, 1.54) is 0 Å². The van der Waals surface area contributed by atoms with E-state index in [9.17, 15) is 61.0 Å². The van der Waals surface area contributed by atoms with Crippen molar-refractivity contribution in [2.24, 2.45) is 0 Å². The van der Waals surface area contributed by atoms with Crippen molar-refractivity contribution in [3.63, 3.8) is 0 Å². The smallest absolute Gasteiger partial charge is 0.220 e. The summed E-state index contributed by atoms with van der Waals surface area (Å²) < 4.78 is 34.0. The minimum atomic E-state index is -1.98.